The Balaban J connectivity index is 1.49. The van der Waals surface area contributed by atoms with Gasteiger partial charge in [-0.15, -0.1) is 0 Å². The molecule has 1 nitrogen and oxygen atoms in total. The molecular formula is C16H27N. The van der Waals surface area contributed by atoms with Crippen LogP contribution in [0.4, 0.5) is 0 Å². The van der Waals surface area contributed by atoms with E-state index in [0.717, 1.165) is 29.7 Å². The van der Waals surface area contributed by atoms with Gasteiger partial charge in [-0.1, -0.05) is 19.8 Å². The molecule has 0 aromatic rings. The first kappa shape index (κ1) is 10.8. The second-order valence-corrected chi connectivity index (χ2v) is 7.19. The zero-order chi connectivity index (χ0) is 11.4. The zero-order valence-electron chi connectivity index (χ0n) is 11.2. The van der Waals surface area contributed by atoms with Crippen molar-refractivity contribution in [2.75, 3.05) is 6.54 Å². The molecule has 2 bridgehead atoms. The summed E-state index contributed by atoms with van der Waals surface area (Å²) in [6.45, 7) is 3.49. The highest BCUT2D eigenvalue weighted by atomic mass is 15.0. The Morgan fingerprint density at radius 1 is 1.00 bits per heavy atom. The Labute approximate surface area is 106 Å². The lowest BCUT2D eigenvalue weighted by Crippen LogP contribution is -2.38. The van der Waals surface area contributed by atoms with Crippen LogP contribution in [0.25, 0.3) is 0 Å². The fourth-order valence-electron chi connectivity index (χ4n) is 6.04. The quantitative estimate of drug-likeness (QED) is 0.784. The highest BCUT2D eigenvalue weighted by Crippen LogP contribution is 2.71. The van der Waals surface area contributed by atoms with Gasteiger partial charge in [-0.2, -0.15) is 0 Å². The van der Waals surface area contributed by atoms with Gasteiger partial charge in [-0.3, -0.25) is 0 Å². The molecule has 4 aliphatic rings. The van der Waals surface area contributed by atoms with Crippen LogP contribution >= 0.6 is 0 Å². The Hall–Kier alpha value is -0.0400. The molecule has 17 heavy (non-hydrogen) atoms. The van der Waals surface area contributed by atoms with E-state index in [1.165, 1.54) is 44.1 Å². The van der Waals surface area contributed by atoms with E-state index >= 15 is 0 Å². The average Bonchev–Trinajstić information content (AvgIpc) is 2.82. The highest BCUT2D eigenvalue weighted by Gasteiger charge is 2.67. The molecule has 0 radical (unpaired) electrons. The van der Waals surface area contributed by atoms with Gasteiger partial charge in [0.2, 0.25) is 0 Å². The largest absolute Gasteiger partial charge is 0.314 e. The summed E-state index contributed by atoms with van der Waals surface area (Å²) in [5.41, 5.74) is 0. The summed E-state index contributed by atoms with van der Waals surface area (Å²) in [5, 5.41) is 3.88. The fourth-order valence-corrected chi connectivity index (χ4v) is 6.04. The first-order valence-corrected chi connectivity index (χ1v) is 8.13. The van der Waals surface area contributed by atoms with Gasteiger partial charge in [0, 0.05) is 6.04 Å². The molecule has 96 valence electrons. The summed E-state index contributed by atoms with van der Waals surface area (Å²) in [7, 11) is 0. The minimum atomic E-state index is 0.904. The minimum absolute atomic E-state index is 0.904. The summed E-state index contributed by atoms with van der Waals surface area (Å²) in [4.78, 5) is 0. The molecule has 0 heterocycles. The molecule has 0 spiro atoms. The maximum Gasteiger partial charge on any atom is 0.0129 e. The van der Waals surface area contributed by atoms with E-state index in [-0.39, 0.29) is 0 Å². The van der Waals surface area contributed by atoms with Gasteiger partial charge >= 0.3 is 0 Å². The standard InChI is InChI=1S/C16H27N/c1-2-17-16(10-5-3-4-6-10)15-13-11-7-8-12(9-11)14(13)15/h10-17H,2-9H2,1H3. The zero-order valence-corrected chi connectivity index (χ0v) is 11.2. The van der Waals surface area contributed by atoms with Crippen molar-refractivity contribution in [3.8, 4) is 0 Å². The number of hydrogen-bond donors (Lipinski definition) is 1. The summed E-state index contributed by atoms with van der Waals surface area (Å²) >= 11 is 0. The summed E-state index contributed by atoms with van der Waals surface area (Å²) in [6, 6.07) is 0.904. The smallest absolute Gasteiger partial charge is 0.0129 e. The monoisotopic (exact) mass is 233 g/mol. The van der Waals surface area contributed by atoms with Crippen LogP contribution < -0.4 is 5.32 Å². The number of rotatable bonds is 4. The van der Waals surface area contributed by atoms with Crippen molar-refractivity contribution in [3.05, 3.63) is 0 Å². The maximum absolute atomic E-state index is 3.88. The van der Waals surface area contributed by atoms with Crippen LogP contribution in [0.5, 0.6) is 0 Å². The van der Waals surface area contributed by atoms with E-state index in [4.69, 9.17) is 0 Å². The number of hydrogen-bond acceptors (Lipinski definition) is 1. The lowest BCUT2D eigenvalue weighted by atomic mass is 9.88. The van der Waals surface area contributed by atoms with E-state index in [9.17, 15) is 0 Å². The predicted molar refractivity (Wildman–Crippen MR) is 70.7 cm³/mol. The van der Waals surface area contributed by atoms with Crippen LogP contribution in [-0.2, 0) is 0 Å². The average molecular weight is 233 g/mol. The Morgan fingerprint density at radius 2 is 1.65 bits per heavy atom. The molecule has 0 aliphatic heterocycles. The van der Waals surface area contributed by atoms with Gasteiger partial charge in [0.15, 0.2) is 0 Å². The summed E-state index contributed by atoms with van der Waals surface area (Å²) in [6.07, 6.45) is 10.8. The molecular weight excluding hydrogens is 206 g/mol. The predicted octanol–water partition coefficient (Wildman–Crippen LogP) is 3.45. The minimum Gasteiger partial charge on any atom is -0.314 e. The molecule has 4 fully saturated rings. The number of fused-ring (bicyclic) bond motifs is 5. The molecule has 0 saturated heterocycles. The van der Waals surface area contributed by atoms with Crippen molar-refractivity contribution < 1.29 is 0 Å². The van der Waals surface area contributed by atoms with E-state index in [2.05, 4.69) is 12.2 Å². The van der Waals surface area contributed by atoms with Gasteiger partial charge in [-0.25, -0.2) is 0 Å². The molecule has 4 saturated carbocycles. The molecule has 4 aliphatic carbocycles. The Kier molecular flexibility index (Phi) is 2.54. The first-order chi connectivity index (χ1) is 8.40. The van der Waals surface area contributed by atoms with E-state index in [1.54, 1.807) is 19.3 Å². The highest BCUT2D eigenvalue weighted by molar-refractivity contribution is 5.16. The molecule has 0 aromatic carbocycles. The van der Waals surface area contributed by atoms with Crippen molar-refractivity contribution in [2.45, 2.75) is 57.9 Å². The van der Waals surface area contributed by atoms with Gasteiger partial charge in [0.1, 0.15) is 0 Å². The maximum atomic E-state index is 3.88. The Morgan fingerprint density at radius 3 is 2.24 bits per heavy atom. The van der Waals surface area contributed by atoms with Gasteiger partial charge in [0.25, 0.3) is 0 Å². The van der Waals surface area contributed by atoms with Crippen molar-refractivity contribution in [1.29, 1.82) is 0 Å². The molecule has 4 rings (SSSR count). The fraction of sp³-hybridized carbons (Fsp3) is 1.00. The van der Waals surface area contributed by atoms with Crippen molar-refractivity contribution >= 4 is 0 Å². The molecule has 0 amide bonds. The molecule has 5 unspecified atom stereocenters. The van der Waals surface area contributed by atoms with Crippen LogP contribution in [0.2, 0.25) is 0 Å². The topological polar surface area (TPSA) is 12.0 Å². The molecule has 1 N–H and O–H groups in total. The van der Waals surface area contributed by atoms with E-state index in [0.29, 0.717) is 0 Å². The van der Waals surface area contributed by atoms with Gasteiger partial charge < -0.3 is 5.32 Å². The van der Waals surface area contributed by atoms with Crippen LogP contribution in [0.3, 0.4) is 0 Å². The van der Waals surface area contributed by atoms with Crippen LogP contribution in [0.15, 0.2) is 0 Å². The first-order valence-electron chi connectivity index (χ1n) is 8.13. The molecule has 0 aromatic heterocycles. The molecule has 5 atom stereocenters. The molecule has 1 heteroatoms. The number of nitrogens with one attached hydrogen (secondary N) is 1. The van der Waals surface area contributed by atoms with Crippen LogP contribution in [-0.4, -0.2) is 12.6 Å². The van der Waals surface area contributed by atoms with Gasteiger partial charge in [0.05, 0.1) is 0 Å². The third-order valence-corrected chi connectivity index (χ3v) is 6.56. The van der Waals surface area contributed by atoms with Crippen LogP contribution in [0.1, 0.15) is 51.9 Å². The summed E-state index contributed by atoms with van der Waals surface area (Å²) < 4.78 is 0. The van der Waals surface area contributed by atoms with Crippen molar-refractivity contribution in [1.82, 2.24) is 5.32 Å². The van der Waals surface area contributed by atoms with Crippen molar-refractivity contribution in [2.24, 2.45) is 35.5 Å². The van der Waals surface area contributed by atoms with Gasteiger partial charge in [-0.05, 0) is 74.2 Å². The van der Waals surface area contributed by atoms with E-state index in [1.807, 2.05) is 0 Å². The lowest BCUT2D eigenvalue weighted by molar-refractivity contribution is 0.281. The van der Waals surface area contributed by atoms with Crippen molar-refractivity contribution in [3.63, 3.8) is 0 Å². The summed E-state index contributed by atoms with van der Waals surface area (Å²) in [5.74, 6) is 6.76. The van der Waals surface area contributed by atoms with E-state index < -0.39 is 0 Å². The SMILES string of the molecule is CCNC(C1CCCC1)C1C2C3CCC(C3)C21. The third-order valence-electron chi connectivity index (χ3n) is 6.56. The second kappa shape index (κ2) is 3.98. The second-order valence-electron chi connectivity index (χ2n) is 7.19. The third kappa shape index (κ3) is 1.54. The lowest BCUT2D eigenvalue weighted by Gasteiger charge is -2.27. The normalized spacial score (nSPS) is 49.6. The van der Waals surface area contributed by atoms with Crippen LogP contribution in [0, 0.1) is 35.5 Å². The Bertz CT molecular complexity index is 278.